The first-order valence-corrected chi connectivity index (χ1v) is 5.88. The fourth-order valence-electron chi connectivity index (χ4n) is 2.28. The van der Waals surface area contributed by atoms with Crippen LogP contribution < -0.4 is 5.73 Å². The van der Waals surface area contributed by atoms with Crippen molar-refractivity contribution in [2.24, 2.45) is 12.8 Å². The van der Waals surface area contributed by atoms with Crippen molar-refractivity contribution in [2.45, 2.75) is 26.3 Å². The van der Waals surface area contributed by atoms with Crippen molar-refractivity contribution in [1.82, 2.24) is 4.57 Å². The highest BCUT2D eigenvalue weighted by Crippen LogP contribution is 2.31. The number of nitrogens with zero attached hydrogens (tertiary/aromatic N) is 1. The van der Waals surface area contributed by atoms with E-state index < -0.39 is 0 Å². The Bertz CT molecular complexity index is 526. The van der Waals surface area contributed by atoms with Crippen LogP contribution in [0.1, 0.15) is 18.1 Å². The number of fused-ring (bicyclic) bond motifs is 1. The number of rotatable bonds is 2. The van der Waals surface area contributed by atoms with Gasteiger partial charge in [0.25, 0.3) is 0 Å². The molecule has 1 heterocycles. The molecular weight excluding hydrogens is 220 g/mol. The predicted molar refractivity (Wildman–Crippen MR) is 70.0 cm³/mol. The molecule has 2 aromatic rings. The normalized spacial score (nSPS) is 13.3. The summed E-state index contributed by atoms with van der Waals surface area (Å²) in [7, 11) is 2.00. The van der Waals surface area contributed by atoms with Crippen molar-refractivity contribution in [2.75, 3.05) is 0 Å². The van der Waals surface area contributed by atoms with Crippen molar-refractivity contribution in [3.8, 4) is 0 Å². The molecule has 1 aromatic carbocycles. The van der Waals surface area contributed by atoms with Crippen molar-refractivity contribution < 1.29 is 0 Å². The second-order valence-corrected chi connectivity index (χ2v) is 4.84. The van der Waals surface area contributed by atoms with E-state index in [0.29, 0.717) is 0 Å². The van der Waals surface area contributed by atoms with Gasteiger partial charge in [-0.05, 0) is 31.4 Å². The van der Waals surface area contributed by atoms with Crippen LogP contribution >= 0.6 is 11.6 Å². The van der Waals surface area contributed by atoms with E-state index in [-0.39, 0.29) is 6.04 Å². The van der Waals surface area contributed by atoms with E-state index in [1.807, 2.05) is 18.5 Å². The van der Waals surface area contributed by atoms with Crippen LogP contribution in [0.2, 0.25) is 5.15 Å². The molecule has 2 nitrogen and oxygen atoms in total. The van der Waals surface area contributed by atoms with Gasteiger partial charge < -0.3 is 10.3 Å². The molecule has 86 valence electrons. The summed E-state index contributed by atoms with van der Waals surface area (Å²) in [6.45, 7) is 4.11. The van der Waals surface area contributed by atoms with Crippen molar-refractivity contribution in [3.05, 3.63) is 34.5 Å². The Morgan fingerprint density at radius 2 is 2.12 bits per heavy atom. The molecule has 16 heavy (non-hydrogen) atoms. The lowest BCUT2D eigenvalue weighted by molar-refractivity contribution is 0.739. The third-order valence-electron chi connectivity index (χ3n) is 2.97. The fourth-order valence-corrected chi connectivity index (χ4v) is 2.54. The summed E-state index contributed by atoms with van der Waals surface area (Å²) in [5, 5.41) is 2.03. The minimum absolute atomic E-state index is 0.128. The lowest BCUT2D eigenvalue weighted by Gasteiger charge is -2.04. The highest BCUT2D eigenvalue weighted by Gasteiger charge is 2.15. The van der Waals surface area contributed by atoms with Crippen LogP contribution in [0.3, 0.4) is 0 Å². The van der Waals surface area contributed by atoms with Gasteiger partial charge in [-0.25, -0.2) is 0 Å². The molecule has 3 heteroatoms. The van der Waals surface area contributed by atoms with E-state index in [9.17, 15) is 0 Å². The van der Waals surface area contributed by atoms with E-state index in [0.717, 1.165) is 17.1 Å². The molecule has 0 aliphatic carbocycles. The quantitative estimate of drug-likeness (QED) is 0.854. The van der Waals surface area contributed by atoms with Crippen LogP contribution in [0, 0.1) is 6.92 Å². The SMILES string of the molecule is Cc1cccc2c(CC(C)N)c(Cl)n(C)c12. The summed E-state index contributed by atoms with van der Waals surface area (Å²) in [4.78, 5) is 0. The Morgan fingerprint density at radius 1 is 1.44 bits per heavy atom. The second kappa shape index (κ2) is 4.11. The molecule has 0 radical (unpaired) electrons. The molecule has 0 aliphatic rings. The largest absolute Gasteiger partial charge is 0.334 e. The molecular formula is C13H17ClN2. The molecule has 0 spiro atoms. The van der Waals surface area contributed by atoms with E-state index in [2.05, 4.69) is 25.1 Å². The highest BCUT2D eigenvalue weighted by atomic mass is 35.5. The number of aryl methyl sites for hydroxylation is 2. The molecule has 0 aliphatic heterocycles. The Balaban J connectivity index is 2.74. The summed E-state index contributed by atoms with van der Waals surface area (Å²) < 4.78 is 2.05. The number of benzene rings is 1. The number of aromatic nitrogens is 1. The number of nitrogens with two attached hydrogens (primary N) is 1. The van der Waals surface area contributed by atoms with Crippen LogP contribution in [0.15, 0.2) is 18.2 Å². The van der Waals surface area contributed by atoms with Gasteiger partial charge >= 0.3 is 0 Å². The van der Waals surface area contributed by atoms with Crippen molar-refractivity contribution in [3.63, 3.8) is 0 Å². The highest BCUT2D eigenvalue weighted by molar-refractivity contribution is 6.32. The molecule has 0 saturated heterocycles. The molecule has 2 N–H and O–H groups in total. The van der Waals surface area contributed by atoms with Crippen LogP contribution in [-0.2, 0) is 13.5 Å². The molecule has 0 bridgehead atoms. The Hall–Kier alpha value is -0.990. The summed E-state index contributed by atoms with van der Waals surface area (Å²) in [5.74, 6) is 0. The predicted octanol–water partition coefficient (Wildman–Crippen LogP) is 3.03. The first-order valence-electron chi connectivity index (χ1n) is 5.50. The van der Waals surface area contributed by atoms with E-state index in [1.165, 1.54) is 16.5 Å². The van der Waals surface area contributed by atoms with E-state index in [1.54, 1.807) is 0 Å². The van der Waals surface area contributed by atoms with E-state index >= 15 is 0 Å². The van der Waals surface area contributed by atoms with Gasteiger partial charge in [0.05, 0.1) is 5.52 Å². The summed E-state index contributed by atoms with van der Waals surface area (Å²) >= 11 is 6.36. The summed E-state index contributed by atoms with van der Waals surface area (Å²) in [6.07, 6.45) is 0.819. The molecule has 2 rings (SSSR count). The molecule has 1 unspecified atom stereocenters. The third-order valence-corrected chi connectivity index (χ3v) is 3.45. The van der Waals surface area contributed by atoms with Crippen LogP contribution in [0.5, 0.6) is 0 Å². The topological polar surface area (TPSA) is 30.9 Å². The smallest absolute Gasteiger partial charge is 0.113 e. The monoisotopic (exact) mass is 236 g/mol. The van der Waals surface area contributed by atoms with E-state index in [4.69, 9.17) is 17.3 Å². The Morgan fingerprint density at radius 3 is 2.75 bits per heavy atom. The molecule has 1 atom stereocenters. The minimum Gasteiger partial charge on any atom is -0.334 e. The first-order chi connectivity index (χ1) is 7.52. The van der Waals surface area contributed by atoms with Gasteiger partial charge in [-0.3, -0.25) is 0 Å². The van der Waals surface area contributed by atoms with Crippen LogP contribution in [0.4, 0.5) is 0 Å². The average Bonchev–Trinajstić information content (AvgIpc) is 2.44. The maximum absolute atomic E-state index is 6.36. The standard InChI is InChI=1S/C13H17ClN2/c1-8-5-4-6-10-11(7-9(2)15)13(14)16(3)12(8)10/h4-6,9H,7,15H2,1-3H3. The Labute approximate surface area is 101 Å². The Kier molecular flexibility index (Phi) is 2.96. The molecule has 1 aromatic heterocycles. The molecule has 0 amide bonds. The molecule has 0 fully saturated rings. The van der Waals surface area contributed by atoms with Gasteiger partial charge in [-0.1, -0.05) is 29.8 Å². The number of para-hydroxylation sites is 1. The molecule has 0 saturated carbocycles. The zero-order valence-electron chi connectivity index (χ0n) is 9.92. The average molecular weight is 237 g/mol. The van der Waals surface area contributed by atoms with Gasteiger partial charge in [0, 0.05) is 18.5 Å². The third kappa shape index (κ3) is 1.72. The maximum Gasteiger partial charge on any atom is 0.113 e. The first kappa shape index (κ1) is 11.5. The maximum atomic E-state index is 6.36. The minimum atomic E-state index is 0.128. The zero-order valence-corrected chi connectivity index (χ0v) is 10.7. The zero-order chi connectivity index (χ0) is 11.9. The van der Waals surface area contributed by atoms with Crippen LogP contribution in [0.25, 0.3) is 10.9 Å². The van der Waals surface area contributed by atoms with Crippen LogP contribution in [-0.4, -0.2) is 10.6 Å². The lowest BCUT2D eigenvalue weighted by atomic mass is 10.0. The fraction of sp³-hybridized carbons (Fsp3) is 0.385. The van der Waals surface area contributed by atoms with Gasteiger partial charge in [-0.2, -0.15) is 0 Å². The summed E-state index contributed by atoms with van der Waals surface area (Å²) in [5.41, 5.74) is 9.49. The van der Waals surface area contributed by atoms with Gasteiger partial charge in [-0.15, -0.1) is 0 Å². The number of hydrogen-bond donors (Lipinski definition) is 1. The number of hydrogen-bond acceptors (Lipinski definition) is 1. The van der Waals surface area contributed by atoms with Crippen molar-refractivity contribution >= 4 is 22.5 Å². The van der Waals surface area contributed by atoms with Gasteiger partial charge in [0.1, 0.15) is 5.15 Å². The number of halogens is 1. The summed E-state index contributed by atoms with van der Waals surface area (Å²) in [6, 6.07) is 6.42. The van der Waals surface area contributed by atoms with Gasteiger partial charge in [0.2, 0.25) is 0 Å². The van der Waals surface area contributed by atoms with Gasteiger partial charge in [0.15, 0.2) is 0 Å². The lowest BCUT2D eigenvalue weighted by Crippen LogP contribution is -2.17. The van der Waals surface area contributed by atoms with Crippen molar-refractivity contribution in [1.29, 1.82) is 0 Å². The second-order valence-electron chi connectivity index (χ2n) is 4.48.